The molecule has 0 saturated carbocycles. The summed E-state index contributed by atoms with van der Waals surface area (Å²) in [6.07, 6.45) is 0.398. The van der Waals surface area contributed by atoms with E-state index in [0.717, 1.165) is 25.2 Å². The van der Waals surface area contributed by atoms with E-state index in [2.05, 4.69) is 10.0 Å². The molecule has 0 spiro atoms. The quantitative estimate of drug-likeness (QED) is 0.712. The highest BCUT2D eigenvalue weighted by Gasteiger charge is 2.41. The largest absolute Gasteiger partial charge is 0.316 e. The fraction of sp³-hybridized carbons (Fsp3) is 0.600. The Morgan fingerprint density at radius 1 is 1.19 bits per heavy atom. The molecule has 2 aliphatic heterocycles. The van der Waals surface area contributed by atoms with Crippen molar-refractivity contribution in [3.05, 3.63) is 24.0 Å². The van der Waals surface area contributed by atoms with E-state index in [0.29, 0.717) is 31.3 Å². The molecule has 0 amide bonds. The monoisotopic (exact) mass is 427 g/mol. The number of fused-ring (bicyclic) bond motifs is 1. The van der Waals surface area contributed by atoms with Crippen LogP contribution < -0.4 is 10.0 Å². The fourth-order valence-corrected chi connectivity index (χ4v) is 6.09. The zero-order valence-electron chi connectivity index (χ0n) is 14.3. The van der Waals surface area contributed by atoms with Crippen LogP contribution in [0.25, 0.3) is 0 Å². The molecular weight excluding hydrogens is 405 g/mol. The summed E-state index contributed by atoms with van der Waals surface area (Å²) in [5, 5.41) is 3.24. The first kappa shape index (κ1) is 21.4. The molecule has 2 atom stereocenters. The van der Waals surface area contributed by atoms with Crippen molar-refractivity contribution < 1.29 is 21.2 Å². The van der Waals surface area contributed by atoms with E-state index in [9.17, 15) is 21.2 Å². The molecule has 26 heavy (non-hydrogen) atoms. The summed E-state index contributed by atoms with van der Waals surface area (Å²) in [6.45, 7) is 4.14. The number of nitrogens with one attached hydrogen (secondary N) is 2. The number of rotatable bonds is 6. The summed E-state index contributed by atoms with van der Waals surface area (Å²) in [7, 11) is -7.42. The normalized spacial score (nSPS) is 23.5. The molecule has 2 saturated heterocycles. The Morgan fingerprint density at radius 3 is 2.35 bits per heavy atom. The number of nitrogens with zero attached hydrogens (tertiary/aromatic N) is 1. The van der Waals surface area contributed by atoms with Crippen molar-refractivity contribution in [2.24, 2.45) is 11.8 Å². The number of anilines is 1. The lowest BCUT2D eigenvalue weighted by Gasteiger charge is -2.18. The number of benzene rings is 1. The van der Waals surface area contributed by atoms with Crippen molar-refractivity contribution in [3.63, 3.8) is 0 Å². The van der Waals surface area contributed by atoms with Crippen LogP contribution in [0.2, 0.25) is 0 Å². The first-order valence-electron chi connectivity index (χ1n) is 8.24. The molecule has 1 aromatic carbocycles. The van der Waals surface area contributed by atoms with Gasteiger partial charge in [-0.05, 0) is 49.5 Å². The van der Waals surface area contributed by atoms with E-state index < -0.39 is 25.9 Å². The van der Waals surface area contributed by atoms with Gasteiger partial charge in [0.1, 0.15) is 5.82 Å². The molecular formula is C15H23ClFN3O4S2. The van der Waals surface area contributed by atoms with E-state index >= 15 is 0 Å². The van der Waals surface area contributed by atoms with Gasteiger partial charge in [0.15, 0.2) is 0 Å². The predicted molar refractivity (Wildman–Crippen MR) is 100.0 cm³/mol. The SMILES string of the molecule is CCCS(=O)(=O)Nc1ccc(S(=O)(=O)N2C[C@H]3CNC[C@H]3C2)cc1F.Cl. The Hall–Kier alpha value is -0.940. The number of halogens is 2. The Bertz CT molecular complexity index is 852. The van der Waals surface area contributed by atoms with Crippen LogP contribution >= 0.6 is 12.4 Å². The van der Waals surface area contributed by atoms with Crippen LogP contribution in [0, 0.1) is 17.7 Å². The van der Waals surface area contributed by atoms with E-state index in [-0.39, 0.29) is 28.7 Å². The van der Waals surface area contributed by atoms with Crippen LogP contribution in [0.1, 0.15) is 13.3 Å². The molecule has 0 unspecified atom stereocenters. The van der Waals surface area contributed by atoms with Crippen LogP contribution in [0.3, 0.4) is 0 Å². The van der Waals surface area contributed by atoms with Gasteiger partial charge in [-0.1, -0.05) is 6.92 Å². The minimum absolute atomic E-state index is 0. The molecule has 0 aliphatic carbocycles. The Kier molecular flexibility index (Phi) is 6.55. The smallest absolute Gasteiger partial charge is 0.243 e. The van der Waals surface area contributed by atoms with Crippen molar-refractivity contribution in [2.75, 3.05) is 36.7 Å². The molecule has 2 heterocycles. The zero-order chi connectivity index (χ0) is 18.2. The van der Waals surface area contributed by atoms with E-state index in [1.165, 1.54) is 10.4 Å². The third-order valence-corrected chi connectivity index (χ3v) is 7.98. The topological polar surface area (TPSA) is 95.6 Å². The van der Waals surface area contributed by atoms with Crippen molar-refractivity contribution in [3.8, 4) is 0 Å². The molecule has 7 nitrogen and oxygen atoms in total. The highest BCUT2D eigenvalue weighted by molar-refractivity contribution is 7.92. The first-order chi connectivity index (χ1) is 11.7. The lowest BCUT2D eigenvalue weighted by molar-refractivity contribution is 0.447. The highest BCUT2D eigenvalue weighted by Crippen LogP contribution is 2.31. The second-order valence-electron chi connectivity index (χ2n) is 6.56. The van der Waals surface area contributed by atoms with Gasteiger partial charge >= 0.3 is 0 Å². The molecule has 0 bridgehead atoms. The van der Waals surface area contributed by atoms with Gasteiger partial charge in [-0.25, -0.2) is 21.2 Å². The van der Waals surface area contributed by atoms with Gasteiger partial charge in [-0.3, -0.25) is 4.72 Å². The molecule has 2 N–H and O–H groups in total. The molecule has 0 aromatic heterocycles. The standard InChI is InChI=1S/C15H22FN3O4S2.ClH/c1-2-5-24(20,21)18-15-4-3-13(6-14(15)16)25(22,23)19-9-11-7-17-8-12(11)10-19;/h3-4,6,11-12,17-18H,2,5,7-10H2,1H3;1H/t11-,12+;. The van der Waals surface area contributed by atoms with Gasteiger partial charge in [0.2, 0.25) is 20.0 Å². The maximum absolute atomic E-state index is 14.2. The van der Waals surface area contributed by atoms with Crippen LogP contribution in [0.5, 0.6) is 0 Å². The molecule has 1 aromatic rings. The van der Waals surface area contributed by atoms with Gasteiger partial charge in [-0.15, -0.1) is 12.4 Å². The summed E-state index contributed by atoms with van der Waals surface area (Å²) in [5.74, 6) is -0.446. The summed E-state index contributed by atoms with van der Waals surface area (Å²) in [6, 6.07) is 3.29. The Balaban J connectivity index is 0.00000243. The maximum Gasteiger partial charge on any atom is 0.243 e. The molecule has 2 aliphatic rings. The lowest BCUT2D eigenvalue weighted by Crippen LogP contribution is -2.32. The average Bonchev–Trinajstić information content (AvgIpc) is 3.10. The molecule has 11 heteroatoms. The highest BCUT2D eigenvalue weighted by atomic mass is 35.5. The Labute approximate surface area is 159 Å². The van der Waals surface area contributed by atoms with Crippen LogP contribution in [-0.2, 0) is 20.0 Å². The second kappa shape index (κ2) is 7.97. The van der Waals surface area contributed by atoms with Gasteiger partial charge < -0.3 is 5.32 Å². The first-order valence-corrected chi connectivity index (χ1v) is 11.3. The molecule has 0 radical (unpaired) electrons. The summed E-state index contributed by atoms with van der Waals surface area (Å²) in [4.78, 5) is -0.156. The van der Waals surface area contributed by atoms with Crippen molar-refractivity contribution in [1.82, 2.24) is 9.62 Å². The Morgan fingerprint density at radius 2 is 1.81 bits per heavy atom. The van der Waals surface area contributed by atoms with Gasteiger partial charge in [0.25, 0.3) is 0 Å². The van der Waals surface area contributed by atoms with Crippen molar-refractivity contribution in [2.45, 2.75) is 18.2 Å². The third-order valence-electron chi connectivity index (χ3n) is 4.67. The molecule has 2 fully saturated rings. The number of hydrogen-bond acceptors (Lipinski definition) is 5. The van der Waals surface area contributed by atoms with Crippen LogP contribution in [-0.4, -0.2) is 53.1 Å². The van der Waals surface area contributed by atoms with Gasteiger partial charge in [-0.2, -0.15) is 4.31 Å². The minimum atomic E-state index is -3.79. The maximum atomic E-state index is 14.2. The molecule has 148 valence electrons. The van der Waals surface area contributed by atoms with Crippen molar-refractivity contribution >= 4 is 38.1 Å². The zero-order valence-corrected chi connectivity index (χ0v) is 16.8. The lowest BCUT2D eigenvalue weighted by atomic mass is 10.0. The molecule has 3 rings (SSSR count). The van der Waals surface area contributed by atoms with Gasteiger partial charge in [0, 0.05) is 13.1 Å². The summed E-state index contributed by atoms with van der Waals surface area (Å²) >= 11 is 0. The fourth-order valence-electron chi connectivity index (χ4n) is 3.38. The van der Waals surface area contributed by atoms with Crippen LogP contribution in [0.4, 0.5) is 10.1 Å². The van der Waals surface area contributed by atoms with E-state index in [4.69, 9.17) is 0 Å². The van der Waals surface area contributed by atoms with Gasteiger partial charge in [0.05, 0.1) is 16.3 Å². The average molecular weight is 428 g/mol. The van der Waals surface area contributed by atoms with Crippen LogP contribution in [0.15, 0.2) is 23.1 Å². The number of sulfonamides is 2. The third kappa shape index (κ3) is 4.30. The predicted octanol–water partition coefficient (Wildman–Crippen LogP) is 1.24. The summed E-state index contributed by atoms with van der Waals surface area (Å²) < 4.78 is 66.7. The second-order valence-corrected chi connectivity index (χ2v) is 10.3. The summed E-state index contributed by atoms with van der Waals surface area (Å²) in [5.41, 5.74) is -0.241. The number of hydrogen-bond donors (Lipinski definition) is 2. The van der Waals surface area contributed by atoms with Crippen molar-refractivity contribution in [1.29, 1.82) is 0 Å². The minimum Gasteiger partial charge on any atom is -0.316 e. The van der Waals surface area contributed by atoms with E-state index in [1.54, 1.807) is 6.92 Å². The van der Waals surface area contributed by atoms with E-state index in [1.807, 2.05) is 0 Å².